The molecule has 0 radical (unpaired) electrons. The summed E-state index contributed by atoms with van der Waals surface area (Å²) in [4.78, 5) is 24.2. The predicted molar refractivity (Wildman–Crippen MR) is 99.4 cm³/mol. The third-order valence-electron chi connectivity index (χ3n) is 3.08. The lowest BCUT2D eigenvalue weighted by Gasteiger charge is -2.08. The Bertz CT molecular complexity index is 816. The third-order valence-corrected chi connectivity index (χ3v) is 4.56. The van der Waals surface area contributed by atoms with Crippen LogP contribution >= 0.6 is 11.3 Å². The van der Waals surface area contributed by atoms with Crippen LogP contribution in [0.5, 0.6) is 0 Å². The zero-order chi connectivity index (χ0) is 18.3. The maximum absolute atomic E-state index is 11.9. The van der Waals surface area contributed by atoms with E-state index in [9.17, 15) is 18.0 Å². The van der Waals surface area contributed by atoms with Gasteiger partial charge in [-0.25, -0.2) is 8.42 Å². The molecule has 134 valence electrons. The van der Waals surface area contributed by atoms with Crippen molar-refractivity contribution < 1.29 is 18.0 Å². The smallest absolute Gasteiger partial charge is 0.261 e. The lowest BCUT2D eigenvalue weighted by Crippen LogP contribution is -2.24. The second kappa shape index (κ2) is 8.63. The Morgan fingerprint density at radius 3 is 2.36 bits per heavy atom. The summed E-state index contributed by atoms with van der Waals surface area (Å²) in [5.74, 6) is -0.307. The van der Waals surface area contributed by atoms with E-state index in [1.54, 1.807) is 30.3 Å². The Balaban J connectivity index is 1.70. The first kappa shape index (κ1) is 18.9. The molecule has 1 aromatic carbocycles. The fraction of sp³-hybridized carbons (Fsp3) is 0.250. The lowest BCUT2D eigenvalue weighted by atomic mass is 10.2. The van der Waals surface area contributed by atoms with Gasteiger partial charge in [-0.05, 0) is 42.1 Å². The van der Waals surface area contributed by atoms with Gasteiger partial charge < -0.3 is 10.6 Å². The highest BCUT2D eigenvalue weighted by Gasteiger charge is 2.07. The van der Waals surface area contributed by atoms with E-state index in [0.717, 1.165) is 6.26 Å². The third kappa shape index (κ3) is 6.94. The molecule has 0 aliphatic rings. The van der Waals surface area contributed by atoms with Crippen LogP contribution in [0.25, 0.3) is 0 Å². The minimum absolute atomic E-state index is 0.135. The molecule has 0 saturated carbocycles. The molecule has 0 atom stereocenters. The van der Waals surface area contributed by atoms with Crippen LogP contribution in [0.2, 0.25) is 0 Å². The van der Waals surface area contributed by atoms with Crippen molar-refractivity contribution >= 4 is 44.5 Å². The second-order valence-corrected chi connectivity index (χ2v) is 8.03. The SMILES string of the molecule is CS(=O)(=O)Nc1ccc(NC(=O)CCCNC(=O)c2cccs2)cc1. The quantitative estimate of drug-likeness (QED) is 0.610. The van der Waals surface area contributed by atoms with Crippen LogP contribution in [-0.4, -0.2) is 33.0 Å². The summed E-state index contributed by atoms with van der Waals surface area (Å²) in [6.45, 7) is 0.418. The monoisotopic (exact) mass is 381 g/mol. The molecule has 0 saturated heterocycles. The number of nitrogens with one attached hydrogen (secondary N) is 3. The maximum Gasteiger partial charge on any atom is 0.261 e. The fourth-order valence-electron chi connectivity index (χ4n) is 2.00. The molecule has 25 heavy (non-hydrogen) atoms. The number of anilines is 2. The molecule has 0 spiro atoms. The standard InChI is InChI=1S/C16H19N3O4S2/c1-25(22,23)19-13-8-6-12(7-9-13)18-15(20)5-2-10-17-16(21)14-4-3-11-24-14/h3-4,6-9,11,19H,2,5,10H2,1H3,(H,17,21)(H,18,20). The van der Waals surface area contributed by atoms with Gasteiger partial charge in [0.2, 0.25) is 15.9 Å². The number of rotatable bonds is 8. The van der Waals surface area contributed by atoms with Crippen LogP contribution in [0.3, 0.4) is 0 Å². The van der Waals surface area contributed by atoms with E-state index in [1.165, 1.54) is 11.3 Å². The van der Waals surface area contributed by atoms with Gasteiger partial charge in [0.1, 0.15) is 0 Å². The Morgan fingerprint density at radius 2 is 1.76 bits per heavy atom. The number of sulfonamides is 1. The Morgan fingerprint density at radius 1 is 1.08 bits per heavy atom. The van der Waals surface area contributed by atoms with Crippen LogP contribution in [0.15, 0.2) is 41.8 Å². The first-order valence-electron chi connectivity index (χ1n) is 7.53. The van der Waals surface area contributed by atoms with Gasteiger partial charge in [0.05, 0.1) is 11.1 Å². The predicted octanol–water partition coefficient (Wildman–Crippen LogP) is 2.27. The van der Waals surface area contributed by atoms with E-state index in [2.05, 4.69) is 15.4 Å². The summed E-state index contributed by atoms with van der Waals surface area (Å²) in [5, 5.41) is 7.31. The molecule has 9 heteroatoms. The topological polar surface area (TPSA) is 104 Å². The van der Waals surface area contributed by atoms with E-state index in [0.29, 0.717) is 29.2 Å². The minimum atomic E-state index is -3.32. The zero-order valence-corrected chi connectivity index (χ0v) is 15.2. The van der Waals surface area contributed by atoms with Crippen molar-refractivity contribution in [2.45, 2.75) is 12.8 Å². The van der Waals surface area contributed by atoms with E-state index in [1.807, 2.05) is 11.4 Å². The van der Waals surface area contributed by atoms with Crippen LogP contribution in [-0.2, 0) is 14.8 Å². The molecule has 1 heterocycles. The van der Waals surface area contributed by atoms with Gasteiger partial charge in [0.25, 0.3) is 5.91 Å². The fourth-order valence-corrected chi connectivity index (χ4v) is 3.21. The van der Waals surface area contributed by atoms with Gasteiger partial charge in [-0.15, -0.1) is 11.3 Å². The van der Waals surface area contributed by atoms with Gasteiger partial charge >= 0.3 is 0 Å². The van der Waals surface area contributed by atoms with Gasteiger partial charge in [-0.2, -0.15) is 0 Å². The maximum atomic E-state index is 11.9. The van der Waals surface area contributed by atoms with Crippen molar-refractivity contribution in [2.24, 2.45) is 0 Å². The molecule has 0 unspecified atom stereocenters. The molecule has 2 amide bonds. The number of carbonyl (C=O) groups excluding carboxylic acids is 2. The molecule has 1 aromatic heterocycles. The van der Waals surface area contributed by atoms with Crippen molar-refractivity contribution in [1.29, 1.82) is 0 Å². The van der Waals surface area contributed by atoms with E-state index < -0.39 is 10.0 Å². The highest BCUT2D eigenvalue weighted by Crippen LogP contribution is 2.15. The van der Waals surface area contributed by atoms with Gasteiger partial charge in [0.15, 0.2) is 0 Å². The van der Waals surface area contributed by atoms with Crippen molar-refractivity contribution in [3.8, 4) is 0 Å². The number of benzene rings is 1. The lowest BCUT2D eigenvalue weighted by molar-refractivity contribution is -0.116. The second-order valence-electron chi connectivity index (χ2n) is 5.34. The summed E-state index contributed by atoms with van der Waals surface area (Å²) in [5.41, 5.74) is 1.00. The summed E-state index contributed by atoms with van der Waals surface area (Å²) in [7, 11) is -3.32. The zero-order valence-electron chi connectivity index (χ0n) is 13.6. The molecule has 7 nitrogen and oxygen atoms in total. The molecular weight excluding hydrogens is 362 g/mol. The number of carbonyl (C=O) groups is 2. The first-order valence-corrected chi connectivity index (χ1v) is 10.3. The summed E-state index contributed by atoms with van der Waals surface area (Å²) in [6, 6.07) is 9.92. The van der Waals surface area contributed by atoms with Crippen LogP contribution in [0.4, 0.5) is 11.4 Å². The normalized spacial score (nSPS) is 10.9. The van der Waals surface area contributed by atoms with Crippen LogP contribution in [0.1, 0.15) is 22.5 Å². The van der Waals surface area contributed by atoms with E-state index >= 15 is 0 Å². The summed E-state index contributed by atoms with van der Waals surface area (Å²) < 4.78 is 24.6. The number of thiophene rings is 1. The van der Waals surface area contributed by atoms with E-state index in [4.69, 9.17) is 0 Å². The van der Waals surface area contributed by atoms with Crippen molar-refractivity contribution in [3.05, 3.63) is 46.7 Å². The molecule has 0 aliphatic carbocycles. The van der Waals surface area contributed by atoms with Gasteiger partial charge in [0, 0.05) is 24.3 Å². The van der Waals surface area contributed by atoms with E-state index in [-0.39, 0.29) is 18.2 Å². The Hall–Kier alpha value is -2.39. The van der Waals surface area contributed by atoms with Crippen molar-refractivity contribution in [2.75, 3.05) is 22.8 Å². The largest absolute Gasteiger partial charge is 0.351 e. The Kier molecular flexibility index (Phi) is 6.54. The highest BCUT2D eigenvalue weighted by molar-refractivity contribution is 7.92. The molecule has 2 aromatic rings. The average molecular weight is 381 g/mol. The Labute approximate surface area is 150 Å². The molecule has 0 fully saturated rings. The summed E-state index contributed by atoms with van der Waals surface area (Å²) in [6.07, 6.45) is 1.87. The van der Waals surface area contributed by atoms with Crippen LogP contribution in [0, 0.1) is 0 Å². The average Bonchev–Trinajstić information content (AvgIpc) is 3.06. The molecule has 2 rings (SSSR count). The number of hydrogen-bond donors (Lipinski definition) is 3. The van der Waals surface area contributed by atoms with Gasteiger partial charge in [-0.3, -0.25) is 14.3 Å². The first-order chi connectivity index (χ1) is 11.8. The molecule has 3 N–H and O–H groups in total. The van der Waals surface area contributed by atoms with Gasteiger partial charge in [-0.1, -0.05) is 6.07 Å². The molecule has 0 aliphatic heterocycles. The number of amides is 2. The summed E-state index contributed by atoms with van der Waals surface area (Å²) >= 11 is 1.37. The van der Waals surface area contributed by atoms with Crippen molar-refractivity contribution in [1.82, 2.24) is 5.32 Å². The van der Waals surface area contributed by atoms with Crippen LogP contribution < -0.4 is 15.4 Å². The molecular formula is C16H19N3O4S2. The minimum Gasteiger partial charge on any atom is -0.351 e. The number of hydrogen-bond acceptors (Lipinski definition) is 5. The molecule has 0 bridgehead atoms. The van der Waals surface area contributed by atoms with Crippen molar-refractivity contribution in [3.63, 3.8) is 0 Å². The highest BCUT2D eigenvalue weighted by atomic mass is 32.2.